The van der Waals surface area contributed by atoms with Crippen molar-refractivity contribution in [1.82, 2.24) is 10.3 Å². The summed E-state index contributed by atoms with van der Waals surface area (Å²) in [5, 5.41) is 12.2. The molecule has 1 aromatic rings. The molecule has 1 N–H and O–H groups in total. The molecule has 1 heterocycles. The number of hydrogen-bond acceptors (Lipinski definition) is 3. The summed E-state index contributed by atoms with van der Waals surface area (Å²) < 4.78 is 0. The minimum atomic E-state index is 0.112. The van der Waals surface area contributed by atoms with Gasteiger partial charge < -0.3 is 5.32 Å². The van der Waals surface area contributed by atoms with Crippen molar-refractivity contribution in [2.75, 3.05) is 6.54 Å². The van der Waals surface area contributed by atoms with Crippen molar-refractivity contribution in [3.8, 4) is 6.07 Å². The van der Waals surface area contributed by atoms with Crippen LogP contribution in [0.2, 0.25) is 0 Å². The van der Waals surface area contributed by atoms with Crippen LogP contribution in [0.4, 0.5) is 0 Å². The third-order valence-corrected chi connectivity index (χ3v) is 2.33. The lowest BCUT2D eigenvalue weighted by molar-refractivity contribution is 0.410. The van der Waals surface area contributed by atoms with E-state index in [1.54, 1.807) is 6.07 Å². The normalized spacial score (nSPS) is 13.2. The van der Waals surface area contributed by atoms with Gasteiger partial charge in [0, 0.05) is 23.7 Å². The van der Waals surface area contributed by atoms with Crippen molar-refractivity contribution in [3.05, 3.63) is 29.6 Å². The van der Waals surface area contributed by atoms with E-state index >= 15 is 0 Å². The number of hydrogen-bond donors (Lipinski definition) is 1. The van der Waals surface area contributed by atoms with Crippen LogP contribution in [0.25, 0.3) is 0 Å². The monoisotopic (exact) mass is 217 g/mol. The first-order valence-corrected chi connectivity index (χ1v) is 5.54. The molecule has 0 bridgehead atoms. The van der Waals surface area contributed by atoms with E-state index in [4.69, 9.17) is 5.26 Å². The Labute approximate surface area is 97.5 Å². The average Bonchev–Trinajstić information content (AvgIpc) is 2.25. The Morgan fingerprint density at radius 1 is 1.44 bits per heavy atom. The smallest absolute Gasteiger partial charge is 0.140 e. The van der Waals surface area contributed by atoms with E-state index in [9.17, 15) is 0 Å². The molecule has 0 unspecified atom stereocenters. The number of rotatable bonds is 3. The number of nitrogens with zero attached hydrogens (tertiary/aromatic N) is 2. The molecule has 0 saturated carbocycles. The largest absolute Gasteiger partial charge is 0.311 e. The fourth-order valence-corrected chi connectivity index (χ4v) is 1.35. The lowest BCUT2D eigenvalue weighted by Crippen LogP contribution is -2.38. The summed E-state index contributed by atoms with van der Waals surface area (Å²) in [7, 11) is 0. The summed E-state index contributed by atoms with van der Waals surface area (Å²) in [6, 6.07) is 7.64. The van der Waals surface area contributed by atoms with Gasteiger partial charge in [0.1, 0.15) is 11.8 Å². The van der Waals surface area contributed by atoms with Gasteiger partial charge in [-0.2, -0.15) is 5.26 Å². The quantitative estimate of drug-likeness (QED) is 0.846. The fraction of sp³-hybridized carbons (Fsp3) is 0.538. The molecule has 0 fully saturated rings. The van der Waals surface area contributed by atoms with E-state index in [0.29, 0.717) is 11.6 Å². The molecular weight excluding hydrogens is 198 g/mol. The van der Waals surface area contributed by atoms with E-state index in [-0.39, 0.29) is 5.54 Å². The first kappa shape index (κ1) is 12.7. The molecular formula is C13H19N3. The molecule has 0 radical (unpaired) electrons. The van der Waals surface area contributed by atoms with Crippen LogP contribution in [-0.4, -0.2) is 17.1 Å². The Balaban J connectivity index is 2.66. The number of pyridine rings is 1. The van der Waals surface area contributed by atoms with E-state index in [0.717, 1.165) is 12.2 Å². The summed E-state index contributed by atoms with van der Waals surface area (Å²) >= 11 is 0. The topological polar surface area (TPSA) is 48.7 Å². The van der Waals surface area contributed by atoms with Crippen molar-refractivity contribution >= 4 is 0 Å². The molecule has 1 atom stereocenters. The fourth-order valence-electron chi connectivity index (χ4n) is 1.35. The molecule has 1 rings (SSSR count). The Hall–Kier alpha value is -1.40. The van der Waals surface area contributed by atoms with Crippen molar-refractivity contribution in [2.45, 2.75) is 39.2 Å². The third kappa shape index (κ3) is 4.00. The molecule has 1 aromatic heterocycles. The second-order valence-corrected chi connectivity index (χ2v) is 5.09. The van der Waals surface area contributed by atoms with Gasteiger partial charge in [-0.1, -0.05) is 13.0 Å². The second-order valence-electron chi connectivity index (χ2n) is 5.09. The number of nitrogens with one attached hydrogen (secondary N) is 1. The van der Waals surface area contributed by atoms with Crippen LogP contribution < -0.4 is 5.32 Å². The zero-order chi connectivity index (χ0) is 12.2. The van der Waals surface area contributed by atoms with Crippen LogP contribution in [-0.2, 0) is 0 Å². The van der Waals surface area contributed by atoms with Gasteiger partial charge in [0.05, 0.1) is 0 Å². The summed E-state index contributed by atoms with van der Waals surface area (Å²) in [4.78, 5) is 4.29. The van der Waals surface area contributed by atoms with Crippen molar-refractivity contribution < 1.29 is 0 Å². The predicted octanol–water partition coefficient (Wildman–Crippen LogP) is 2.44. The standard InChI is InChI=1S/C13H19N3/c1-10(9-15-13(2,3)4)12-7-5-6-11(8-14)16-12/h5-7,10,15H,9H2,1-4H3/t10-/m0/s1. The van der Waals surface area contributed by atoms with E-state index in [1.165, 1.54) is 0 Å². The highest BCUT2D eigenvalue weighted by Gasteiger charge is 2.13. The van der Waals surface area contributed by atoms with Gasteiger partial charge in [0.25, 0.3) is 0 Å². The average molecular weight is 217 g/mol. The van der Waals surface area contributed by atoms with Gasteiger partial charge in [0.15, 0.2) is 0 Å². The molecule has 0 saturated heterocycles. The van der Waals surface area contributed by atoms with Crippen molar-refractivity contribution in [1.29, 1.82) is 5.26 Å². The Bertz CT molecular complexity index is 385. The number of aromatic nitrogens is 1. The van der Waals surface area contributed by atoms with Crippen molar-refractivity contribution in [2.24, 2.45) is 0 Å². The summed E-state index contributed by atoms with van der Waals surface area (Å²) in [6.07, 6.45) is 0. The van der Waals surface area contributed by atoms with Gasteiger partial charge in [0.2, 0.25) is 0 Å². The Morgan fingerprint density at radius 2 is 2.12 bits per heavy atom. The highest BCUT2D eigenvalue weighted by Crippen LogP contribution is 2.13. The molecule has 0 spiro atoms. The SMILES string of the molecule is C[C@@H](CNC(C)(C)C)c1cccc(C#N)n1. The Kier molecular flexibility index (Phi) is 4.03. The van der Waals surface area contributed by atoms with E-state index in [1.807, 2.05) is 12.1 Å². The lowest BCUT2D eigenvalue weighted by Gasteiger charge is -2.23. The minimum absolute atomic E-state index is 0.112. The molecule has 0 amide bonds. The number of nitriles is 1. The zero-order valence-electron chi connectivity index (χ0n) is 10.4. The van der Waals surface area contributed by atoms with Crippen LogP contribution in [0.1, 0.15) is 45.0 Å². The van der Waals surface area contributed by atoms with Gasteiger partial charge in [-0.3, -0.25) is 0 Å². The summed E-state index contributed by atoms with van der Waals surface area (Å²) in [5.41, 5.74) is 1.57. The van der Waals surface area contributed by atoms with Gasteiger partial charge in [-0.25, -0.2) is 4.98 Å². The second kappa shape index (κ2) is 5.09. The molecule has 3 nitrogen and oxygen atoms in total. The molecule has 0 aromatic carbocycles. The summed E-state index contributed by atoms with van der Waals surface area (Å²) in [5.74, 6) is 0.313. The zero-order valence-corrected chi connectivity index (χ0v) is 10.4. The van der Waals surface area contributed by atoms with Crippen LogP contribution in [0.3, 0.4) is 0 Å². The van der Waals surface area contributed by atoms with E-state index < -0.39 is 0 Å². The lowest BCUT2D eigenvalue weighted by atomic mass is 10.0. The third-order valence-electron chi connectivity index (χ3n) is 2.33. The summed E-state index contributed by atoms with van der Waals surface area (Å²) in [6.45, 7) is 9.39. The predicted molar refractivity (Wildman–Crippen MR) is 65.1 cm³/mol. The minimum Gasteiger partial charge on any atom is -0.311 e. The van der Waals surface area contributed by atoms with Crippen molar-refractivity contribution in [3.63, 3.8) is 0 Å². The maximum absolute atomic E-state index is 8.77. The van der Waals surface area contributed by atoms with Crippen LogP contribution in [0.15, 0.2) is 18.2 Å². The molecule has 0 aliphatic heterocycles. The highest BCUT2D eigenvalue weighted by atomic mass is 14.9. The van der Waals surface area contributed by atoms with Crippen LogP contribution >= 0.6 is 0 Å². The van der Waals surface area contributed by atoms with Gasteiger partial charge in [-0.15, -0.1) is 0 Å². The maximum Gasteiger partial charge on any atom is 0.140 e. The van der Waals surface area contributed by atoms with Crippen LogP contribution in [0.5, 0.6) is 0 Å². The maximum atomic E-state index is 8.77. The van der Waals surface area contributed by atoms with Gasteiger partial charge >= 0.3 is 0 Å². The van der Waals surface area contributed by atoms with Gasteiger partial charge in [-0.05, 0) is 32.9 Å². The molecule has 0 aliphatic carbocycles. The first-order chi connectivity index (χ1) is 7.42. The van der Waals surface area contributed by atoms with Crippen LogP contribution in [0, 0.1) is 11.3 Å². The molecule has 86 valence electrons. The molecule has 3 heteroatoms. The Morgan fingerprint density at radius 3 is 2.69 bits per heavy atom. The first-order valence-electron chi connectivity index (χ1n) is 5.54. The molecule has 16 heavy (non-hydrogen) atoms. The highest BCUT2D eigenvalue weighted by molar-refractivity contribution is 5.23. The molecule has 0 aliphatic rings. The van der Waals surface area contributed by atoms with E-state index in [2.05, 4.69) is 44.1 Å².